The second-order valence-electron chi connectivity index (χ2n) is 6.95. The van der Waals surface area contributed by atoms with E-state index >= 15 is 0 Å². The molecule has 2 aromatic carbocycles. The molecule has 0 spiro atoms. The van der Waals surface area contributed by atoms with Crippen LogP contribution in [0.15, 0.2) is 65.8 Å². The summed E-state index contributed by atoms with van der Waals surface area (Å²) in [7, 11) is 0. The lowest BCUT2D eigenvalue weighted by Gasteiger charge is -2.14. The van der Waals surface area contributed by atoms with Crippen LogP contribution in [0.3, 0.4) is 0 Å². The molecule has 0 radical (unpaired) electrons. The van der Waals surface area contributed by atoms with Gasteiger partial charge in [-0.3, -0.25) is 9.79 Å². The van der Waals surface area contributed by atoms with Crippen LogP contribution in [0, 0.1) is 12.7 Å². The Kier molecular flexibility index (Phi) is 6.82. The summed E-state index contributed by atoms with van der Waals surface area (Å²) < 4.78 is 52.8. The third kappa shape index (κ3) is 5.46. The van der Waals surface area contributed by atoms with E-state index in [1.165, 1.54) is 48.7 Å². The molecule has 3 aromatic rings. The molecule has 1 aromatic heterocycles. The molecule has 3 rings (SSSR count). The molecule has 0 unspecified atom stereocenters. The highest BCUT2D eigenvalue weighted by Crippen LogP contribution is 2.32. The number of aromatic nitrogens is 1. The van der Waals surface area contributed by atoms with Crippen molar-refractivity contribution in [2.45, 2.75) is 19.6 Å². The van der Waals surface area contributed by atoms with E-state index < -0.39 is 23.5 Å². The molecule has 0 saturated heterocycles. The summed E-state index contributed by atoms with van der Waals surface area (Å²) >= 11 is 0. The molecule has 0 fully saturated rings. The van der Waals surface area contributed by atoms with Crippen LogP contribution < -0.4 is 5.32 Å². The van der Waals surface area contributed by atoms with Crippen LogP contribution in [0.1, 0.15) is 32.7 Å². The number of nitrogens with one attached hydrogen (secondary N) is 1. The standard InChI is InChI=1S/C24H19F4N3O/c1-15-20(23(32)30-14-16-5-3-8-19(25)11-16)13-22(31-21(15)9-10-29-2)17-6-4-7-18(12-17)24(26,27)28/h3-13H,2,14H2,1H3,(H,30,32)/b10-9-. The fourth-order valence-corrected chi connectivity index (χ4v) is 3.08. The second kappa shape index (κ2) is 9.55. The summed E-state index contributed by atoms with van der Waals surface area (Å²) in [5.41, 5.74) is 1.26. The fourth-order valence-electron chi connectivity index (χ4n) is 3.08. The smallest absolute Gasteiger partial charge is 0.348 e. The third-order valence-electron chi connectivity index (χ3n) is 4.72. The van der Waals surface area contributed by atoms with Crippen molar-refractivity contribution in [1.82, 2.24) is 10.3 Å². The lowest BCUT2D eigenvalue weighted by molar-refractivity contribution is -0.137. The van der Waals surface area contributed by atoms with E-state index in [-0.39, 0.29) is 23.4 Å². The Morgan fingerprint density at radius 3 is 2.59 bits per heavy atom. The first-order valence-corrected chi connectivity index (χ1v) is 9.53. The molecular formula is C24H19F4N3O. The van der Waals surface area contributed by atoms with Crippen molar-refractivity contribution < 1.29 is 22.4 Å². The first kappa shape index (κ1) is 22.9. The molecule has 32 heavy (non-hydrogen) atoms. The maximum atomic E-state index is 13.4. The van der Waals surface area contributed by atoms with E-state index in [4.69, 9.17) is 0 Å². The highest BCUT2D eigenvalue weighted by Gasteiger charge is 2.30. The Morgan fingerprint density at radius 1 is 1.16 bits per heavy atom. The molecular weight excluding hydrogens is 422 g/mol. The van der Waals surface area contributed by atoms with Crippen molar-refractivity contribution in [3.63, 3.8) is 0 Å². The van der Waals surface area contributed by atoms with E-state index in [0.717, 1.165) is 12.1 Å². The Hall–Kier alpha value is -3.81. The van der Waals surface area contributed by atoms with Gasteiger partial charge in [-0.25, -0.2) is 9.37 Å². The molecule has 0 aliphatic carbocycles. The molecule has 0 bridgehead atoms. The summed E-state index contributed by atoms with van der Waals surface area (Å²) in [4.78, 5) is 20.9. The number of hydrogen-bond donors (Lipinski definition) is 1. The molecule has 4 nitrogen and oxygen atoms in total. The van der Waals surface area contributed by atoms with Gasteiger partial charge in [0.15, 0.2) is 0 Å². The van der Waals surface area contributed by atoms with E-state index in [2.05, 4.69) is 22.0 Å². The predicted octanol–water partition coefficient (Wildman–Crippen LogP) is 5.82. The van der Waals surface area contributed by atoms with Gasteiger partial charge in [-0.15, -0.1) is 0 Å². The SMILES string of the molecule is C=N/C=C\c1nc(-c2cccc(C(F)(F)F)c2)cc(C(=O)NCc2cccc(F)c2)c1C. The Morgan fingerprint density at radius 2 is 1.91 bits per heavy atom. The summed E-state index contributed by atoms with van der Waals surface area (Å²) in [6.07, 6.45) is -1.62. The van der Waals surface area contributed by atoms with Crippen molar-refractivity contribution >= 4 is 18.7 Å². The van der Waals surface area contributed by atoms with Gasteiger partial charge < -0.3 is 5.32 Å². The van der Waals surface area contributed by atoms with Gasteiger partial charge in [-0.1, -0.05) is 24.3 Å². The van der Waals surface area contributed by atoms with Crippen LogP contribution in [0.4, 0.5) is 17.6 Å². The summed E-state index contributed by atoms with van der Waals surface area (Å²) in [5, 5.41) is 2.71. The van der Waals surface area contributed by atoms with Gasteiger partial charge in [0.05, 0.1) is 17.0 Å². The number of halogens is 4. The minimum absolute atomic E-state index is 0.0800. The van der Waals surface area contributed by atoms with Crippen molar-refractivity contribution in [3.05, 3.63) is 94.6 Å². The quantitative estimate of drug-likeness (QED) is 0.387. The zero-order valence-corrected chi connectivity index (χ0v) is 17.1. The number of hydrogen-bond acceptors (Lipinski definition) is 3. The number of amides is 1. The van der Waals surface area contributed by atoms with E-state index in [0.29, 0.717) is 16.8 Å². The molecule has 0 aliphatic rings. The first-order valence-electron chi connectivity index (χ1n) is 9.53. The molecule has 8 heteroatoms. The summed E-state index contributed by atoms with van der Waals surface area (Å²) in [5.74, 6) is -0.892. The van der Waals surface area contributed by atoms with E-state index in [9.17, 15) is 22.4 Å². The third-order valence-corrected chi connectivity index (χ3v) is 4.72. The van der Waals surface area contributed by atoms with Gasteiger partial charge in [0.1, 0.15) is 5.82 Å². The van der Waals surface area contributed by atoms with Crippen LogP contribution in [0.25, 0.3) is 17.3 Å². The van der Waals surface area contributed by atoms with Crippen LogP contribution in [-0.2, 0) is 12.7 Å². The number of carbonyl (C=O) groups excluding carboxylic acids is 1. The number of rotatable bonds is 6. The van der Waals surface area contributed by atoms with E-state index in [1.54, 1.807) is 13.0 Å². The van der Waals surface area contributed by atoms with Gasteiger partial charge >= 0.3 is 6.18 Å². The first-order chi connectivity index (χ1) is 15.2. The van der Waals surface area contributed by atoms with Crippen LogP contribution in [0.2, 0.25) is 0 Å². The Labute approximate surface area is 182 Å². The maximum absolute atomic E-state index is 13.4. The number of aliphatic imine (C=N–C) groups is 1. The second-order valence-corrected chi connectivity index (χ2v) is 6.95. The largest absolute Gasteiger partial charge is 0.416 e. The predicted molar refractivity (Wildman–Crippen MR) is 116 cm³/mol. The van der Waals surface area contributed by atoms with Gasteiger partial charge in [0.2, 0.25) is 0 Å². The van der Waals surface area contributed by atoms with Gasteiger partial charge in [-0.2, -0.15) is 13.2 Å². The molecule has 0 aliphatic heterocycles. The zero-order valence-electron chi connectivity index (χ0n) is 17.1. The fraction of sp³-hybridized carbons (Fsp3) is 0.125. The summed E-state index contributed by atoms with van der Waals surface area (Å²) in [6, 6.07) is 11.9. The van der Waals surface area contributed by atoms with E-state index in [1.807, 2.05) is 0 Å². The topological polar surface area (TPSA) is 54.4 Å². The molecule has 164 valence electrons. The number of pyridine rings is 1. The van der Waals surface area contributed by atoms with Crippen LogP contribution in [0.5, 0.6) is 0 Å². The Balaban J connectivity index is 2.01. The van der Waals surface area contributed by atoms with Crippen molar-refractivity contribution in [2.75, 3.05) is 0 Å². The van der Waals surface area contributed by atoms with Gasteiger partial charge in [-0.05, 0) is 61.2 Å². The number of benzene rings is 2. The average molecular weight is 441 g/mol. The molecule has 1 amide bonds. The molecule has 1 N–H and O–H groups in total. The van der Waals surface area contributed by atoms with Crippen molar-refractivity contribution in [3.8, 4) is 11.3 Å². The number of carbonyl (C=O) groups is 1. The monoisotopic (exact) mass is 441 g/mol. The zero-order chi connectivity index (χ0) is 23.3. The molecule has 1 heterocycles. The number of nitrogens with zero attached hydrogens (tertiary/aromatic N) is 2. The molecule has 0 atom stereocenters. The minimum atomic E-state index is -4.51. The van der Waals surface area contributed by atoms with Crippen molar-refractivity contribution in [1.29, 1.82) is 0 Å². The van der Waals surface area contributed by atoms with Crippen molar-refractivity contribution in [2.24, 2.45) is 4.99 Å². The van der Waals surface area contributed by atoms with Crippen LogP contribution >= 0.6 is 0 Å². The van der Waals surface area contributed by atoms with Crippen LogP contribution in [-0.4, -0.2) is 17.6 Å². The normalized spacial score (nSPS) is 11.5. The highest BCUT2D eigenvalue weighted by molar-refractivity contribution is 5.97. The summed E-state index contributed by atoms with van der Waals surface area (Å²) in [6.45, 7) is 5.10. The van der Waals surface area contributed by atoms with Gasteiger partial charge in [0, 0.05) is 23.9 Å². The lowest BCUT2D eigenvalue weighted by atomic mass is 10.0. The maximum Gasteiger partial charge on any atom is 0.416 e. The number of alkyl halides is 3. The lowest BCUT2D eigenvalue weighted by Crippen LogP contribution is -2.24. The molecule has 0 saturated carbocycles. The highest BCUT2D eigenvalue weighted by atomic mass is 19.4. The Bertz CT molecular complexity index is 1190. The van der Waals surface area contributed by atoms with Gasteiger partial charge in [0.25, 0.3) is 5.91 Å². The average Bonchev–Trinajstić information content (AvgIpc) is 2.76. The minimum Gasteiger partial charge on any atom is -0.348 e.